The van der Waals surface area contributed by atoms with E-state index in [0.717, 1.165) is 32.5 Å². The fourth-order valence-electron chi connectivity index (χ4n) is 3.57. The SMILES string of the molecule is CC1CN(C(=O)C2CCCN(C(=O)c3ccc(Cl)c(Cl)c3)C2)CCN1.Cl. The number of halogens is 3. The van der Waals surface area contributed by atoms with E-state index in [9.17, 15) is 9.59 Å². The van der Waals surface area contributed by atoms with E-state index in [2.05, 4.69) is 12.2 Å². The normalized spacial score (nSPS) is 23.3. The molecule has 2 atom stereocenters. The van der Waals surface area contributed by atoms with Crippen molar-refractivity contribution in [2.75, 3.05) is 32.7 Å². The lowest BCUT2D eigenvalue weighted by molar-refractivity contribution is -0.138. The van der Waals surface area contributed by atoms with Gasteiger partial charge in [-0.3, -0.25) is 9.59 Å². The zero-order valence-corrected chi connectivity index (χ0v) is 17.0. The fraction of sp³-hybridized carbons (Fsp3) is 0.556. The average molecular weight is 421 g/mol. The second-order valence-electron chi connectivity index (χ2n) is 6.86. The molecule has 5 nitrogen and oxygen atoms in total. The zero-order chi connectivity index (χ0) is 18.0. The number of carbonyl (C=O) groups is 2. The molecule has 1 aromatic rings. The molecule has 2 saturated heterocycles. The first-order chi connectivity index (χ1) is 12.0. The molecule has 144 valence electrons. The monoisotopic (exact) mass is 419 g/mol. The Morgan fingerprint density at radius 3 is 2.58 bits per heavy atom. The van der Waals surface area contributed by atoms with Crippen LogP contribution in [0.1, 0.15) is 30.1 Å². The van der Waals surface area contributed by atoms with Gasteiger partial charge in [-0.1, -0.05) is 23.2 Å². The summed E-state index contributed by atoms with van der Waals surface area (Å²) in [5.41, 5.74) is 0.512. The van der Waals surface area contributed by atoms with Crippen LogP contribution in [0.5, 0.6) is 0 Å². The third kappa shape index (κ3) is 4.83. The standard InChI is InChI=1S/C18H23Cl2N3O2.ClH/c1-12-10-23(8-6-21-12)18(25)14-3-2-7-22(11-14)17(24)13-4-5-15(19)16(20)9-13;/h4-5,9,12,14,21H,2-3,6-8,10-11H2,1H3;1H. The van der Waals surface area contributed by atoms with Gasteiger partial charge in [0.25, 0.3) is 5.91 Å². The van der Waals surface area contributed by atoms with Crippen LogP contribution in [-0.2, 0) is 4.79 Å². The molecule has 2 fully saturated rings. The molecule has 2 unspecified atom stereocenters. The maximum Gasteiger partial charge on any atom is 0.253 e. The van der Waals surface area contributed by atoms with Crippen molar-refractivity contribution in [3.63, 3.8) is 0 Å². The van der Waals surface area contributed by atoms with Crippen LogP contribution in [0, 0.1) is 5.92 Å². The van der Waals surface area contributed by atoms with Gasteiger partial charge in [-0.25, -0.2) is 0 Å². The number of likely N-dealkylation sites (tertiary alicyclic amines) is 1. The van der Waals surface area contributed by atoms with Crippen molar-refractivity contribution in [1.82, 2.24) is 15.1 Å². The van der Waals surface area contributed by atoms with Gasteiger partial charge in [0.1, 0.15) is 0 Å². The first kappa shape index (κ1) is 21.3. The van der Waals surface area contributed by atoms with Gasteiger partial charge in [0, 0.05) is 44.3 Å². The van der Waals surface area contributed by atoms with Crippen molar-refractivity contribution < 1.29 is 9.59 Å². The largest absolute Gasteiger partial charge is 0.340 e. The number of piperidine rings is 1. The number of amides is 2. The highest BCUT2D eigenvalue weighted by molar-refractivity contribution is 6.42. The van der Waals surface area contributed by atoms with E-state index in [-0.39, 0.29) is 30.1 Å². The van der Waals surface area contributed by atoms with Gasteiger partial charge in [0.15, 0.2) is 0 Å². The molecule has 1 N–H and O–H groups in total. The second-order valence-corrected chi connectivity index (χ2v) is 7.67. The molecule has 0 spiro atoms. The Labute approximate surface area is 170 Å². The molecular formula is C18H24Cl3N3O2. The molecule has 0 bridgehead atoms. The maximum absolute atomic E-state index is 12.8. The number of piperazine rings is 1. The van der Waals surface area contributed by atoms with Crippen LogP contribution in [0.3, 0.4) is 0 Å². The third-order valence-electron chi connectivity index (χ3n) is 4.90. The van der Waals surface area contributed by atoms with Gasteiger partial charge in [-0.05, 0) is 38.0 Å². The van der Waals surface area contributed by atoms with Gasteiger partial charge in [-0.2, -0.15) is 0 Å². The first-order valence-corrected chi connectivity index (χ1v) is 9.48. The minimum absolute atomic E-state index is 0. The zero-order valence-electron chi connectivity index (χ0n) is 14.7. The Hall–Kier alpha value is -1.01. The highest BCUT2D eigenvalue weighted by Gasteiger charge is 2.33. The van der Waals surface area contributed by atoms with Gasteiger partial charge >= 0.3 is 0 Å². The molecule has 2 aliphatic heterocycles. The fourth-order valence-corrected chi connectivity index (χ4v) is 3.86. The quantitative estimate of drug-likeness (QED) is 0.800. The van der Waals surface area contributed by atoms with Gasteiger partial charge < -0.3 is 15.1 Å². The van der Waals surface area contributed by atoms with Gasteiger partial charge in [-0.15, -0.1) is 12.4 Å². The van der Waals surface area contributed by atoms with Crippen LogP contribution in [0.15, 0.2) is 18.2 Å². The smallest absolute Gasteiger partial charge is 0.253 e. The summed E-state index contributed by atoms with van der Waals surface area (Å²) in [6, 6.07) is 5.22. The molecule has 1 aromatic carbocycles. The number of rotatable bonds is 2. The molecule has 0 aromatic heterocycles. The summed E-state index contributed by atoms with van der Waals surface area (Å²) in [4.78, 5) is 29.3. The lowest BCUT2D eigenvalue weighted by Crippen LogP contribution is -2.54. The Bertz CT molecular complexity index is 671. The van der Waals surface area contributed by atoms with Crippen molar-refractivity contribution >= 4 is 47.4 Å². The maximum atomic E-state index is 12.8. The van der Waals surface area contributed by atoms with Crippen LogP contribution in [-0.4, -0.2) is 60.4 Å². The summed E-state index contributed by atoms with van der Waals surface area (Å²) in [6.45, 7) is 5.51. The number of nitrogens with one attached hydrogen (secondary N) is 1. The molecule has 0 saturated carbocycles. The van der Waals surface area contributed by atoms with Crippen LogP contribution < -0.4 is 5.32 Å². The van der Waals surface area contributed by atoms with Crippen molar-refractivity contribution in [3.8, 4) is 0 Å². The van der Waals surface area contributed by atoms with Crippen LogP contribution in [0.2, 0.25) is 10.0 Å². The lowest BCUT2D eigenvalue weighted by atomic mass is 9.95. The molecule has 2 amide bonds. The van der Waals surface area contributed by atoms with E-state index in [1.165, 1.54) is 0 Å². The Morgan fingerprint density at radius 2 is 1.88 bits per heavy atom. The minimum atomic E-state index is -0.120. The van der Waals surface area contributed by atoms with Gasteiger partial charge in [0.05, 0.1) is 16.0 Å². The summed E-state index contributed by atoms with van der Waals surface area (Å²) in [6.07, 6.45) is 1.67. The number of hydrogen-bond acceptors (Lipinski definition) is 3. The summed E-state index contributed by atoms with van der Waals surface area (Å²) >= 11 is 11.9. The Kier molecular flexibility index (Phi) is 7.59. The lowest BCUT2D eigenvalue weighted by Gasteiger charge is -2.38. The predicted octanol–water partition coefficient (Wildman–Crippen LogP) is 3.09. The Balaban J connectivity index is 0.00000243. The van der Waals surface area contributed by atoms with Crippen LogP contribution in [0.4, 0.5) is 0 Å². The van der Waals surface area contributed by atoms with Crippen LogP contribution in [0.25, 0.3) is 0 Å². The molecule has 0 radical (unpaired) electrons. The summed E-state index contributed by atoms with van der Waals surface area (Å²) in [5.74, 6) is -0.0458. The second kappa shape index (κ2) is 9.27. The topological polar surface area (TPSA) is 52.7 Å². The molecule has 2 heterocycles. The Morgan fingerprint density at radius 1 is 1.12 bits per heavy atom. The van der Waals surface area contributed by atoms with Crippen LogP contribution >= 0.6 is 35.6 Å². The molecule has 3 rings (SSSR count). The number of benzene rings is 1. The number of hydrogen-bond donors (Lipinski definition) is 1. The highest BCUT2D eigenvalue weighted by Crippen LogP contribution is 2.25. The molecular weight excluding hydrogens is 397 g/mol. The predicted molar refractivity (Wildman–Crippen MR) is 106 cm³/mol. The van der Waals surface area contributed by atoms with Crippen molar-refractivity contribution in [1.29, 1.82) is 0 Å². The van der Waals surface area contributed by atoms with Crippen molar-refractivity contribution in [2.45, 2.75) is 25.8 Å². The van der Waals surface area contributed by atoms with E-state index in [4.69, 9.17) is 23.2 Å². The summed E-state index contributed by atoms with van der Waals surface area (Å²) in [5, 5.41) is 4.14. The van der Waals surface area contributed by atoms with Crippen molar-refractivity contribution in [2.24, 2.45) is 5.92 Å². The van der Waals surface area contributed by atoms with E-state index in [0.29, 0.717) is 34.7 Å². The van der Waals surface area contributed by atoms with Crippen molar-refractivity contribution in [3.05, 3.63) is 33.8 Å². The van der Waals surface area contributed by atoms with Gasteiger partial charge in [0.2, 0.25) is 5.91 Å². The first-order valence-electron chi connectivity index (χ1n) is 8.72. The van der Waals surface area contributed by atoms with E-state index in [1.807, 2.05) is 4.90 Å². The van der Waals surface area contributed by atoms with E-state index < -0.39 is 0 Å². The average Bonchev–Trinajstić information content (AvgIpc) is 2.63. The molecule has 0 aliphatic carbocycles. The summed E-state index contributed by atoms with van der Waals surface area (Å²) in [7, 11) is 0. The van der Waals surface area contributed by atoms with E-state index >= 15 is 0 Å². The summed E-state index contributed by atoms with van der Waals surface area (Å²) < 4.78 is 0. The third-order valence-corrected chi connectivity index (χ3v) is 5.64. The minimum Gasteiger partial charge on any atom is -0.340 e. The molecule has 8 heteroatoms. The molecule has 26 heavy (non-hydrogen) atoms. The number of carbonyl (C=O) groups excluding carboxylic acids is 2. The molecule has 2 aliphatic rings. The number of nitrogens with zero attached hydrogens (tertiary/aromatic N) is 2. The van der Waals surface area contributed by atoms with E-state index in [1.54, 1.807) is 23.1 Å². The highest BCUT2D eigenvalue weighted by atomic mass is 35.5.